The quantitative estimate of drug-likeness (QED) is 0.741. The van der Waals surface area contributed by atoms with Crippen LogP contribution >= 0.6 is 11.8 Å². The minimum absolute atomic E-state index is 0.201. The van der Waals surface area contributed by atoms with Crippen LogP contribution in [-0.4, -0.2) is 36.3 Å². The highest BCUT2D eigenvalue weighted by atomic mass is 32.2. The standard InChI is InChI=1S/C12H21NOS/c1-3-10(4-1)11-12(14-7-6-13-11)5-2-8-15-9-12/h10-11,13H,1-9H2. The predicted molar refractivity (Wildman–Crippen MR) is 64.4 cm³/mol. The third kappa shape index (κ3) is 1.83. The van der Waals surface area contributed by atoms with Gasteiger partial charge in [-0.15, -0.1) is 0 Å². The van der Waals surface area contributed by atoms with Gasteiger partial charge in [0, 0.05) is 18.3 Å². The number of morpholine rings is 1. The van der Waals surface area contributed by atoms with Crippen LogP contribution in [0.1, 0.15) is 32.1 Å². The van der Waals surface area contributed by atoms with Crippen molar-refractivity contribution >= 4 is 11.8 Å². The van der Waals surface area contributed by atoms with Gasteiger partial charge in [0.15, 0.2) is 0 Å². The second-order valence-corrected chi connectivity index (χ2v) is 6.30. The van der Waals surface area contributed by atoms with E-state index in [0.717, 1.165) is 19.1 Å². The molecular weight excluding hydrogens is 206 g/mol. The summed E-state index contributed by atoms with van der Waals surface area (Å²) in [5.74, 6) is 3.47. The van der Waals surface area contributed by atoms with E-state index in [1.54, 1.807) is 0 Å². The van der Waals surface area contributed by atoms with Gasteiger partial charge in [0.05, 0.1) is 12.2 Å². The summed E-state index contributed by atoms with van der Waals surface area (Å²) < 4.78 is 6.19. The summed E-state index contributed by atoms with van der Waals surface area (Å²) in [6.45, 7) is 1.98. The first kappa shape index (κ1) is 10.4. The average molecular weight is 227 g/mol. The molecule has 1 N–H and O–H groups in total. The summed E-state index contributed by atoms with van der Waals surface area (Å²) in [5.41, 5.74) is 0.201. The molecule has 2 heterocycles. The van der Waals surface area contributed by atoms with Gasteiger partial charge in [-0.2, -0.15) is 11.8 Å². The van der Waals surface area contributed by atoms with E-state index >= 15 is 0 Å². The number of ether oxygens (including phenoxy) is 1. The molecular formula is C12H21NOS. The first-order valence-corrected chi connectivity index (χ1v) is 7.51. The van der Waals surface area contributed by atoms with Crippen LogP contribution in [-0.2, 0) is 4.74 Å². The number of rotatable bonds is 1. The van der Waals surface area contributed by atoms with Crippen molar-refractivity contribution in [2.75, 3.05) is 24.7 Å². The van der Waals surface area contributed by atoms with Crippen LogP contribution in [0.15, 0.2) is 0 Å². The van der Waals surface area contributed by atoms with Gasteiger partial charge >= 0.3 is 0 Å². The number of thioether (sulfide) groups is 1. The predicted octanol–water partition coefficient (Wildman–Crippen LogP) is 2.04. The largest absolute Gasteiger partial charge is 0.371 e. The fourth-order valence-corrected chi connectivity index (χ4v) is 4.51. The maximum absolute atomic E-state index is 6.19. The molecule has 2 nitrogen and oxygen atoms in total. The van der Waals surface area contributed by atoms with Crippen LogP contribution < -0.4 is 5.32 Å². The maximum atomic E-state index is 6.19. The number of nitrogens with one attached hydrogen (secondary N) is 1. The Labute approximate surface area is 96.5 Å². The van der Waals surface area contributed by atoms with Crippen molar-refractivity contribution in [1.82, 2.24) is 5.32 Å². The van der Waals surface area contributed by atoms with Gasteiger partial charge in [-0.25, -0.2) is 0 Å². The molecule has 2 aliphatic heterocycles. The molecule has 0 radical (unpaired) electrons. The van der Waals surface area contributed by atoms with E-state index in [0.29, 0.717) is 6.04 Å². The topological polar surface area (TPSA) is 21.3 Å². The molecule has 1 saturated carbocycles. The van der Waals surface area contributed by atoms with Crippen LogP contribution in [0.5, 0.6) is 0 Å². The lowest BCUT2D eigenvalue weighted by molar-refractivity contribution is -0.110. The van der Waals surface area contributed by atoms with Crippen molar-refractivity contribution in [3.63, 3.8) is 0 Å². The van der Waals surface area contributed by atoms with Gasteiger partial charge in [-0.1, -0.05) is 6.42 Å². The molecule has 1 aliphatic carbocycles. The fourth-order valence-electron chi connectivity index (χ4n) is 3.26. The molecule has 3 rings (SSSR count). The van der Waals surface area contributed by atoms with E-state index in [4.69, 9.17) is 4.74 Å². The molecule has 2 atom stereocenters. The molecule has 2 unspecified atom stereocenters. The summed E-state index contributed by atoms with van der Waals surface area (Å²) >= 11 is 2.09. The number of hydrogen-bond acceptors (Lipinski definition) is 3. The van der Waals surface area contributed by atoms with Crippen LogP contribution in [0.3, 0.4) is 0 Å². The number of hydrogen-bond donors (Lipinski definition) is 1. The summed E-state index contributed by atoms with van der Waals surface area (Å²) in [4.78, 5) is 0. The Balaban J connectivity index is 1.75. The zero-order chi connectivity index (χ0) is 10.1. The van der Waals surface area contributed by atoms with Gasteiger partial charge in [0.1, 0.15) is 0 Å². The maximum Gasteiger partial charge on any atom is 0.0928 e. The van der Waals surface area contributed by atoms with Crippen molar-refractivity contribution in [2.45, 2.75) is 43.7 Å². The Morgan fingerprint density at radius 2 is 2.20 bits per heavy atom. The lowest BCUT2D eigenvalue weighted by Gasteiger charge is -2.51. The van der Waals surface area contributed by atoms with E-state index in [-0.39, 0.29) is 5.60 Å². The highest BCUT2D eigenvalue weighted by Crippen LogP contribution is 2.42. The Morgan fingerprint density at radius 3 is 2.87 bits per heavy atom. The molecule has 15 heavy (non-hydrogen) atoms. The van der Waals surface area contributed by atoms with Gasteiger partial charge in [-0.3, -0.25) is 0 Å². The van der Waals surface area contributed by atoms with E-state index in [1.165, 1.54) is 43.6 Å². The normalized spacial score (nSPS) is 42.8. The van der Waals surface area contributed by atoms with Crippen molar-refractivity contribution in [3.8, 4) is 0 Å². The summed E-state index contributed by atoms with van der Waals surface area (Å²) in [5, 5.41) is 3.74. The van der Waals surface area contributed by atoms with Gasteiger partial charge in [-0.05, 0) is 37.4 Å². The monoisotopic (exact) mass is 227 g/mol. The first-order chi connectivity index (χ1) is 7.41. The van der Waals surface area contributed by atoms with E-state index in [2.05, 4.69) is 17.1 Å². The van der Waals surface area contributed by atoms with Crippen LogP contribution in [0, 0.1) is 5.92 Å². The van der Waals surface area contributed by atoms with Crippen LogP contribution in [0.4, 0.5) is 0 Å². The molecule has 0 aromatic carbocycles. The van der Waals surface area contributed by atoms with Gasteiger partial charge in [0.25, 0.3) is 0 Å². The van der Waals surface area contributed by atoms with Crippen LogP contribution in [0.2, 0.25) is 0 Å². The minimum atomic E-state index is 0.201. The Bertz CT molecular complexity index is 215. The molecule has 3 aliphatic rings. The lowest BCUT2D eigenvalue weighted by atomic mass is 9.71. The molecule has 86 valence electrons. The Hall–Kier alpha value is 0.270. The molecule has 1 spiro atoms. The van der Waals surface area contributed by atoms with Crippen LogP contribution in [0.25, 0.3) is 0 Å². The first-order valence-electron chi connectivity index (χ1n) is 6.36. The third-order valence-electron chi connectivity index (χ3n) is 4.28. The van der Waals surface area contributed by atoms with Crippen molar-refractivity contribution in [3.05, 3.63) is 0 Å². The SMILES string of the molecule is C1CC(C2NCCOC23CCCSC3)C1. The van der Waals surface area contributed by atoms with E-state index < -0.39 is 0 Å². The molecule has 0 aromatic rings. The fraction of sp³-hybridized carbons (Fsp3) is 1.00. The smallest absolute Gasteiger partial charge is 0.0928 e. The Kier molecular flexibility index (Phi) is 2.97. The minimum Gasteiger partial charge on any atom is -0.371 e. The molecule has 2 saturated heterocycles. The van der Waals surface area contributed by atoms with Gasteiger partial charge < -0.3 is 10.1 Å². The molecule has 0 aromatic heterocycles. The second kappa shape index (κ2) is 4.27. The third-order valence-corrected chi connectivity index (χ3v) is 5.55. The summed E-state index contributed by atoms with van der Waals surface area (Å²) in [7, 11) is 0. The summed E-state index contributed by atoms with van der Waals surface area (Å²) in [6.07, 6.45) is 6.91. The highest BCUT2D eigenvalue weighted by molar-refractivity contribution is 7.99. The zero-order valence-electron chi connectivity index (χ0n) is 9.34. The van der Waals surface area contributed by atoms with Crippen molar-refractivity contribution < 1.29 is 4.74 Å². The van der Waals surface area contributed by atoms with Gasteiger partial charge in [0.2, 0.25) is 0 Å². The van der Waals surface area contributed by atoms with E-state index in [9.17, 15) is 0 Å². The molecule has 0 bridgehead atoms. The average Bonchev–Trinajstić information content (AvgIpc) is 2.20. The lowest BCUT2D eigenvalue weighted by Crippen LogP contribution is -2.64. The summed E-state index contributed by atoms with van der Waals surface area (Å²) in [6, 6.07) is 0.660. The molecule has 0 amide bonds. The molecule has 3 fully saturated rings. The highest BCUT2D eigenvalue weighted by Gasteiger charge is 2.47. The van der Waals surface area contributed by atoms with Crippen molar-refractivity contribution in [2.24, 2.45) is 5.92 Å². The molecule has 3 heteroatoms. The zero-order valence-corrected chi connectivity index (χ0v) is 10.2. The Morgan fingerprint density at radius 1 is 1.27 bits per heavy atom. The van der Waals surface area contributed by atoms with Crippen molar-refractivity contribution in [1.29, 1.82) is 0 Å². The van der Waals surface area contributed by atoms with E-state index in [1.807, 2.05) is 0 Å². The second-order valence-electron chi connectivity index (χ2n) is 5.19.